The second-order valence-electron chi connectivity index (χ2n) is 5.91. The molecule has 1 aromatic rings. The molecule has 1 N–H and O–H groups in total. The lowest BCUT2D eigenvalue weighted by molar-refractivity contribution is 0.465. The Morgan fingerprint density at radius 2 is 2.16 bits per heavy atom. The molecule has 1 unspecified atom stereocenters. The van der Waals surface area contributed by atoms with Crippen LogP contribution in [0.25, 0.3) is 0 Å². The van der Waals surface area contributed by atoms with Gasteiger partial charge in [0.25, 0.3) is 0 Å². The van der Waals surface area contributed by atoms with Crippen LogP contribution in [-0.2, 0) is 6.42 Å². The summed E-state index contributed by atoms with van der Waals surface area (Å²) >= 11 is 8.14. The van der Waals surface area contributed by atoms with Crippen molar-refractivity contribution in [2.24, 2.45) is 0 Å². The Kier molecular flexibility index (Phi) is 4.11. The number of aryl methyl sites for hydroxylation is 1. The van der Waals surface area contributed by atoms with Crippen LogP contribution in [0, 0.1) is 0 Å². The monoisotopic (exact) mass is 295 g/mol. The van der Waals surface area contributed by atoms with Gasteiger partial charge in [0, 0.05) is 22.4 Å². The summed E-state index contributed by atoms with van der Waals surface area (Å²) in [5, 5.41) is 4.70. The van der Waals surface area contributed by atoms with Crippen LogP contribution in [0.4, 0.5) is 0 Å². The predicted octanol–water partition coefficient (Wildman–Crippen LogP) is 4.59. The highest BCUT2D eigenvalue weighted by Gasteiger charge is 2.34. The number of hydrogen-bond donors (Lipinski definition) is 1. The molecule has 1 nitrogen and oxygen atoms in total. The van der Waals surface area contributed by atoms with Crippen molar-refractivity contribution in [1.29, 1.82) is 0 Å². The molecule has 1 atom stereocenters. The quantitative estimate of drug-likeness (QED) is 0.872. The number of fused-ring (bicyclic) bond motifs is 1. The van der Waals surface area contributed by atoms with Crippen LogP contribution in [0.15, 0.2) is 18.2 Å². The molecule has 0 bridgehead atoms. The van der Waals surface area contributed by atoms with Crippen LogP contribution in [-0.4, -0.2) is 17.5 Å². The molecule has 0 aromatic heterocycles. The van der Waals surface area contributed by atoms with Gasteiger partial charge in [0.2, 0.25) is 0 Å². The first kappa shape index (κ1) is 13.8. The molecule has 0 aliphatic heterocycles. The van der Waals surface area contributed by atoms with E-state index in [4.69, 9.17) is 11.6 Å². The van der Waals surface area contributed by atoms with E-state index >= 15 is 0 Å². The highest BCUT2D eigenvalue weighted by Crippen LogP contribution is 2.41. The zero-order valence-corrected chi connectivity index (χ0v) is 13.1. The Hall–Kier alpha value is -0.180. The van der Waals surface area contributed by atoms with Gasteiger partial charge in [-0.15, -0.1) is 0 Å². The summed E-state index contributed by atoms with van der Waals surface area (Å²) in [5.41, 5.74) is 2.91. The Bertz CT molecular complexity index is 454. The van der Waals surface area contributed by atoms with Crippen LogP contribution in [0.2, 0.25) is 5.02 Å². The van der Waals surface area contributed by atoms with E-state index in [1.807, 2.05) is 6.07 Å². The minimum absolute atomic E-state index is 0.495. The van der Waals surface area contributed by atoms with E-state index in [1.54, 1.807) is 0 Å². The fraction of sp³-hybridized carbons (Fsp3) is 0.625. The van der Waals surface area contributed by atoms with Gasteiger partial charge in [-0.3, -0.25) is 0 Å². The fourth-order valence-corrected chi connectivity index (χ4v) is 4.70. The van der Waals surface area contributed by atoms with Crippen LogP contribution < -0.4 is 5.32 Å². The molecular weight excluding hydrogens is 274 g/mol. The average Bonchev–Trinajstić information content (AvgIpc) is 3.03. The largest absolute Gasteiger partial charge is 0.309 e. The number of rotatable bonds is 4. The Balaban J connectivity index is 1.66. The summed E-state index contributed by atoms with van der Waals surface area (Å²) in [6.07, 6.45) is 10.2. The maximum absolute atomic E-state index is 6.07. The topological polar surface area (TPSA) is 12.0 Å². The number of benzene rings is 1. The maximum Gasteiger partial charge on any atom is 0.0408 e. The third kappa shape index (κ3) is 2.81. The second-order valence-corrected chi connectivity index (χ2v) is 7.62. The van der Waals surface area contributed by atoms with E-state index in [-0.39, 0.29) is 0 Å². The van der Waals surface area contributed by atoms with Gasteiger partial charge < -0.3 is 5.32 Å². The van der Waals surface area contributed by atoms with Gasteiger partial charge in [-0.05, 0) is 55.2 Å². The molecule has 0 spiro atoms. The SMILES string of the molecule is CSC1(CNC2CCc3cc(Cl)ccc32)CCCC1. The Morgan fingerprint density at radius 1 is 1.37 bits per heavy atom. The number of thioether (sulfide) groups is 1. The van der Waals surface area contributed by atoms with E-state index in [0.717, 1.165) is 11.6 Å². The molecule has 0 amide bonds. The smallest absolute Gasteiger partial charge is 0.0408 e. The molecule has 1 aromatic carbocycles. The molecule has 0 heterocycles. The second kappa shape index (κ2) is 5.67. The van der Waals surface area contributed by atoms with Crippen LogP contribution >= 0.6 is 23.4 Å². The first-order valence-corrected chi connectivity index (χ1v) is 8.90. The summed E-state index contributed by atoms with van der Waals surface area (Å²) < 4.78 is 0.495. The Morgan fingerprint density at radius 3 is 2.89 bits per heavy atom. The highest BCUT2D eigenvalue weighted by molar-refractivity contribution is 8.00. The third-order valence-electron chi connectivity index (χ3n) is 4.80. The third-order valence-corrected chi connectivity index (χ3v) is 6.45. The highest BCUT2D eigenvalue weighted by atomic mass is 35.5. The van der Waals surface area contributed by atoms with Crippen molar-refractivity contribution in [2.75, 3.05) is 12.8 Å². The van der Waals surface area contributed by atoms with E-state index in [2.05, 4.69) is 35.5 Å². The van der Waals surface area contributed by atoms with E-state index < -0.39 is 0 Å². The maximum atomic E-state index is 6.07. The fourth-order valence-electron chi connectivity index (χ4n) is 3.58. The van der Waals surface area contributed by atoms with Gasteiger partial charge in [0.05, 0.1) is 0 Å². The van der Waals surface area contributed by atoms with Gasteiger partial charge in [-0.25, -0.2) is 0 Å². The predicted molar refractivity (Wildman–Crippen MR) is 85.2 cm³/mol. The molecule has 3 heteroatoms. The first-order chi connectivity index (χ1) is 9.22. The van der Waals surface area contributed by atoms with Crippen molar-refractivity contribution < 1.29 is 0 Å². The molecule has 2 aliphatic rings. The lowest BCUT2D eigenvalue weighted by atomic mass is 10.0. The molecular formula is C16H22ClNS. The minimum Gasteiger partial charge on any atom is -0.309 e. The zero-order chi connectivity index (χ0) is 13.3. The van der Waals surface area contributed by atoms with Gasteiger partial charge in [-0.2, -0.15) is 11.8 Å². The number of nitrogens with one attached hydrogen (secondary N) is 1. The first-order valence-electron chi connectivity index (χ1n) is 7.29. The van der Waals surface area contributed by atoms with Crippen LogP contribution in [0.5, 0.6) is 0 Å². The van der Waals surface area contributed by atoms with E-state index in [9.17, 15) is 0 Å². The Labute approximate surface area is 125 Å². The van der Waals surface area contributed by atoms with Crippen molar-refractivity contribution in [3.63, 3.8) is 0 Å². The summed E-state index contributed by atoms with van der Waals surface area (Å²) in [5.74, 6) is 0. The minimum atomic E-state index is 0.495. The van der Waals surface area contributed by atoms with Crippen molar-refractivity contribution in [3.05, 3.63) is 34.3 Å². The molecule has 1 saturated carbocycles. The molecule has 0 radical (unpaired) electrons. The zero-order valence-electron chi connectivity index (χ0n) is 11.5. The molecule has 104 valence electrons. The summed E-state index contributed by atoms with van der Waals surface area (Å²) in [6.45, 7) is 1.15. The molecule has 1 fully saturated rings. The van der Waals surface area contributed by atoms with Crippen molar-refractivity contribution in [3.8, 4) is 0 Å². The number of halogens is 1. The van der Waals surface area contributed by atoms with Crippen molar-refractivity contribution in [1.82, 2.24) is 5.32 Å². The number of hydrogen-bond acceptors (Lipinski definition) is 2. The lowest BCUT2D eigenvalue weighted by Crippen LogP contribution is -2.36. The molecule has 3 rings (SSSR count). The molecule has 0 saturated heterocycles. The van der Waals surface area contributed by atoms with Gasteiger partial charge in [-0.1, -0.05) is 30.5 Å². The summed E-state index contributed by atoms with van der Waals surface area (Å²) in [7, 11) is 0. The lowest BCUT2D eigenvalue weighted by Gasteiger charge is -2.29. The standard InChI is InChI=1S/C16H22ClNS/c1-19-16(8-2-3-9-16)11-18-15-7-4-12-10-13(17)5-6-14(12)15/h5-6,10,15,18H,2-4,7-9,11H2,1H3. The average molecular weight is 296 g/mol. The summed E-state index contributed by atoms with van der Waals surface area (Å²) in [4.78, 5) is 0. The molecule has 19 heavy (non-hydrogen) atoms. The molecule has 2 aliphatic carbocycles. The van der Waals surface area contributed by atoms with Crippen molar-refractivity contribution >= 4 is 23.4 Å². The van der Waals surface area contributed by atoms with E-state index in [1.165, 1.54) is 49.7 Å². The van der Waals surface area contributed by atoms with Gasteiger partial charge in [0.15, 0.2) is 0 Å². The van der Waals surface area contributed by atoms with Crippen LogP contribution in [0.3, 0.4) is 0 Å². The van der Waals surface area contributed by atoms with Crippen LogP contribution in [0.1, 0.15) is 49.3 Å². The normalized spacial score (nSPS) is 24.6. The van der Waals surface area contributed by atoms with Gasteiger partial charge in [0.1, 0.15) is 0 Å². The summed E-state index contributed by atoms with van der Waals surface area (Å²) in [6, 6.07) is 6.92. The van der Waals surface area contributed by atoms with Gasteiger partial charge >= 0.3 is 0 Å². The van der Waals surface area contributed by atoms with E-state index in [0.29, 0.717) is 10.8 Å². The van der Waals surface area contributed by atoms with Crippen molar-refractivity contribution in [2.45, 2.75) is 49.3 Å².